The second kappa shape index (κ2) is 7.26. The Morgan fingerprint density at radius 3 is 2.65 bits per heavy atom. The first-order valence-electron chi connectivity index (χ1n) is 6.71. The van der Waals surface area contributed by atoms with Crippen LogP contribution in [0.15, 0.2) is 24.3 Å². The molecule has 0 aliphatic rings. The Bertz CT molecular complexity index is 441. The third kappa shape index (κ3) is 6.04. The van der Waals surface area contributed by atoms with Crippen LogP contribution in [0, 0.1) is 6.92 Å². The largest absolute Gasteiger partial charge is 0.444 e. The number of carbonyl (C=O) groups is 1. The van der Waals surface area contributed by atoms with E-state index in [1.54, 1.807) is 0 Å². The fourth-order valence-electron chi connectivity index (χ4n) is 1.80. The highest BCUT2D eigenvalue weighted by molar-refractivity contribution is 5.67. The summed E-state index contributed by atoms with van der Waals surface area (Å²) in [6, 6.07) is 7.94. The van der Waals surface area contributed by atoms with E-state index in [2.05, 4.69) is 5.32 Å². The van der Waals surface area contributed by atoms with Crippen LogP contribution in [0.5, 0.6) is 0 Å². The number of nitrogens with two attached hydrogens (primary N) is 1. The fourth-order valence-corrected chi connectivity index (χ4v) is 1.80. The van der Waals surface area contributed by atoms with Gasteiger partial charge in [-0.1, -0.05) is 29.8 Å². The fraction of sp³-hybridized carbons (Fsp3) is 0.533. The zero-order valence-corrected chi connectivity index (χ0v) is 12.6. The Hall–Kier alpha value is -1.59. The van der Waals surface area contributed by atoms with Gasteiger partial charge in [-0.3, -0.25) is 4.84 Å². The Kier molecular flexibility index (Phi) is 5.98. The van der Waals surface area contributed by atoms with E-state index >= 15 is 0 Å². The van der Waals surface area contributed by atoms with Crippen molar-refractivity contribution in [1.82, 2.24) is 5.32 Å². The number of rotatable bonds is 5. The molecule has 1 amide bonds. The van der Waals surface area contributed by atoms with Gasteiger partial charge in [-0.2, -0.15) is 0 Å². The molecule has 112 valence electrons. The van der Waals surface area contributed by atoms with Crippen LogP contribution in [0.4, 0.5) is 4.79 Å². The molecular formula is C15H24N2O3. The van der Waals surface area contributed by atoms with Crippen LogP contribution < -0.4 is 11.2 Å². The lowest BCUT2D eigenvalue weighted by Gasteiger charge is -2.20. The molecule has 0 fully saturated rings. The number of aryl methyl sites for hydroxylation is 1. The Labute approximate surface area is 120 Å². The average molecular weight is 280 g/mol. The summed E-state index contributed by atoms with van der Waals surface area (Å²) in [7, 11) is 0. The summed E-state index contributed by atoms with van der Waals surface area (Å²) in [6.07, 6.45) is -0.0958. The molecule has 0 aliphatic carbocycles. The molecule has 0 radical (unpaired) electrons. The van der Waals surface area contributed by atoms with E-state index in [1.807, 2.05) is 52.0 Å². The van der Waals surface area contributed by atoms with Crippen LogP contribution in [0.3, 0.4) is 0 Å². The van der Waals surface area contributed by atoms with Crippen molar-refractivity contribution in [2.24, 2.45) is 5.90 Å². The molecule has 1 aromatic rings. The summed E-state index contributed by atoms with van der Waals surface area (Å²) in [6.45, 7) is 7.92. The molecular weight excluding hydrogens is 256 g/mol. The zero-order chi connectivity index (χ0) is 15.2. The van der Waals surface area contributed by atoms with Crippen molar-refractivity contribution < 1.29 is 14.4 Å². The van der Waals surface area contributed by atoms with E-state index in [-0.39, 0.29) is 6.10 Å². The summed E-state index contributed by atoms with van der Waals surface area (Å²) in [5.41, 5.74) is 1.65. The lowest BCUT2D eigenvalue weighted by atomic mass is 10.0. The predicted octanol–water partition coefficient (Wildman–Crippen LogP) is 2.84. The van der Waals surface area contributed by atoms with Crippen LogP contribution in [-0.4, -0.2) is 18.2 Å². The smallest absolute Gasteiger partial charge is 0.407 e. The lowest BCUT2D eigenvalue weighted by Crippen LogP contribution is -2.33. The molecule has 1 atom stereocenters. The van der Waals surface area contributed by atoms with Crippen LogP contribution in [0.25, 0.3) is 0 Å². The Balaban J connectivity index is 2.45. The molecule has 1 aromatic carbocycles. The number of alkyl carbamates (subject to hydrolysis) is 1. The van der Waals surface area contributed by atoms with Gasteiger partial charge in [0.15, 0.2) is 0 Å². The van der Waals surface area contributed by atoms with Gasteiger partial charge >= 0.3 is 6.09 Å². The monoisotopic (exact) mass is 280 g/mol. The third-order valence-corrected chi connectivity index (χ3v) is 2.65. The van der Waals surface area contributed by atoms with E-state index in [1.165, 1.54) is 0 Å². The molecule has 0 spiro atoms. The molecule has 0 aromatic heterocycles. The van der Waals surface area contributed by atoms with E-state index in [0.29, 0.717) is 13.0 Å². The average Bonchev–Trinajstić information content (AvgIpc) is 2.32. The molecule has 0 aliphatic heterocycles. The van der Waals surface area contributed by atoms with Gasteiger partial charge in [0.25, 0.3) is 0 Å². The summed E-state index contributed by atoms with van der Waals surface area (Å²) in [5.74, 6) is 5.33. The minimum atomic E-state index is -0.496. The molecule has 1 unspecified atom stereocenters. The first-order valence-corrected chi connectivity index (χ1v) is 6.71. The summed E-state index contributed by atoms with van der Waals surface area (Å²) in [4.78, 5) is 16.5. The van der Waals surface area contributed by atoms with Crippen molar-refractivity contribution in [2.75, 3.05) is 6.54 Å². The number of hydrogen-bond acceptors (Lipinski definition) is 4. The van der Waals surface area contributed by atoms with Crippen molar-refractivity contribution >= 4 is 6.09 Å². The van der Waals surface area contributed by atoms with Gasteiger partial charge in [0, 0.05) is 6.54 Å². The highest BCUT2D eigenvalue weighted by atomic mass is 16.6. The second-order valence-corrected chi connectivity index (χ2v) is 5.76. The van der Waals surface area contributed by atoms with E-state index < -0.39 is 11.7 Å². The van der Waals surface area contributed by atoms with Crippen molar-refractivity contribution in [3.8, 4) is 0 Å². The summed E-state index contributed by atoms with van der Waals surface area (Å²) < 4.78 is 5.16. The maximum absolute atomic E-state index is 11.5. The number of amides is 1. The molecule has 5 heteroatoms. The van der Waals surface area contributed by atoms with Gasteiger partial charge in [-0.05, 0) is 39.7 Å². The maximum atomic E-state index is 11.5. The van der Waals surface area contributed by atoms with Gasteiger partial charge in [-0.15, -0.1) is 0 Å². The maximum Gasteiger partial charge on any atom is 0.407 e. The van der Waals surface area contributed by atoms with Gasteiger partial charge in [0.1, 0.15) is 11.7 Å². The first-order chi connectivity index (χ1) is 9.31. The predicted molar refractivity (Wildman–Crippen MR) is 78.0 cm³/mol. The van der Waals surface area contributed by atoms with E-state index in [0.717, 1.165) is 11.1 Å². The van der Waals surface area contributed by atoms with Gasteiger partial charge in [-0.25, -0.2) is 10.7 Å². The number of benzene rings is 1. The minimum absolute atomic E-state index is 0.246. The number of carbonyl (C=O) groups excluding carboxylic acids is 1. The normalized spacial score (nSPS) is 12.8. The SMILES string of the molecule is Cc1cccc(C(CCNC(=O)OC(C)(C)C)ON)c1. The molecule has 5 nitrogen and oxygen atoms in total. The second-order valence-electron chi connectivity index (χ2n) is 5.76. The summed E-state index contributed by atoms with van der Waals surface area (Å²) >= 11 is 0. The number of nitrogens with one attached hydrogen (secondary N) is 1. The number of ether oxygens (including phenoxy) is 1. The van der Waals surface area contributed by atoms with Crippen LogP contribution in [0.1, 0.15) is 44.4 Å². The van der Waals surface area contributed by atoms with Gasteiger partial charge in [0.2, 0.25) is 0 Å². The molecule has 0 heterocycles. The first kappa shape index (κ1) is 16.5. The Morgan fingerprint density at radius 2 is 2.10 bits per heavy atom. The van der Waals surface area contributed by atoms with Crippen molar-refractivity contribution in [2.45, 2.75) is 45.8 Å². The molecule has 3 N–H and O–H groups in total. The quantitative estimate of drug-likeness (QED) is 0.813. The summed E-state index contributed by atoms with van der Waals surface area (Å²) in [5, 5.41) is 2.69. The van der Waals surface area contributed by atoms with Crippen molar-refractivity contribution in [3.05, 3.63) is 35.4 Å². The third-order valence-electron chi connectivity index (χ3n) is 2.65. The lowest BCUT2D eigenvalue weighted by molar-refractivity contribution is 0.0397. The van der Waals surface area contributed by atoms with Crippen LogP contribution in [0.2, 0.25) is 0 Å². The minimum Gasteiger partial charge on any atom is -0.444 e. The molecule has 0 saturated heterocycles. The molecule has 20 heavy (non-hydrogen) atoms. The molecule has 1 rings (SSSR count). The van der Waals surface area contributed by atoms with Gasteiger partial charge in [0.05, 0.1) is 0 Å². The van der Waals surface area contributed by atoms with Gasteiger partial charge < -0.3 is 10.1 Å². The molecule has 0 saturated carbocycles. The zero-order valence-electron chi connectivity index (χ0n) is 12.6. The van der Waals surface area contributed by atoms with E-state index in [9.17, 15) is 4.79 Å². The van der Waals surface area contributed by atoms with E-state index in [4.69, 9.17) is 15.5 Å². The molecule has 0 bridgehead atoms. The van der Waals surface area contributed by atoms with Crippen LogP contribution in [-0.2, 0) is 9.57 Å². The highest BCUT2D eigenvalue weighted by Crippen LogP contribution is 2.20. The van der Waals surface area contributed by atoms with Crippen molar-refractivity contribution in [1.29, 1.82) is 0 Å². The van der Waals surface area contributed by atoms with Crippen LogP contribution >= 0.6 is 0 Å². The number of hydrogen-bond donors (Lipinski definition) is 2. The standard InChI is InChI=1S/C15H24N2O3/c1-11-6-5-7-12(10-11)13(20-16)8-9-17-14(18)19-15(2,3)4/h5-7,10,13H,8-9,16H2,1-4H3,(H,17,18). The highest BCUT2D eigenvalue weighted by Gasteiger charge is 2.17. The Morgan fingerprint density at radius 1 is 1.40 bits per heavy atom. The van der Waals surface area contributed by atoms with Crippen molar-refractivity contribution in [3.63, 3.8) is 0 Å². The topological polar surface area (TPSA) is 73.6 Å².